The Balaban J connectivity index is 2.76. The van der Waals surface area contributed by atoms with Crippen LogP contribution in [0.25, 0.3) is 0 Å². The first-order chi connectivity index (χ1) is 7.78. The molecule has 0 aliphatic carbocycles. The van der Waals surface area contributed by atoms with Gasteiger partial charge < -0.3 is 11.1 Å². The van der Waals surface area contributed by atoms with Gasteiger partial charge in [-0.2, -0.15) is 0 Å². The summed E-state index contributed by atoms with van der Waals surface area (Å²) in [7, 11) is 0. The lowest BCUT2D eigenvalue weighted by Gasteiger charge is -2.14. The largest absolute Gasteiger partial charge is 0.370 e. The predicted octanol–water partition coefficient (Wildman–Crippen LogP) is 2.12. The minimum atomic E-state index is -0.448. The maximum absolute atomic E-state index is 10.5. The van der Waals surface area contributed by atoms with Crippen molar-refractivity contribution in [2.75, 3.05) is 5.32 Å². The Labute approximate surface area is 99.7 Å². The molecule has 3 N–H and O–H groups in total. The molecule has 0 saturated carbocycles. The van der Waals surface area contributed by atoms with E-state index in [1.807, 2.05) is 20.8 Å². The summed E-state index contributed by atoms with van der Waals surface area (Å²) < 4.78 is 0. The fourth-order valence-corrected chi connectivity index (χ4v) is 1.20. The summed E-state index contributed by atoms with van der Waals surface area (Å²) in [5.41, 5.74) is 6.14. The third-order valence-electron chi connectivity index (χ3n) is 1.81. The molecular formula is C11H16N4O2. The number of hydrogen-bond acceptors (Lipinski definition) is 3. The van der Waals surface area contributed by atoms with Gasteiger partial charge in [0.25, 0.3) is 5.69 Å². The van der Waals surface area contributed by atoms with Gasteiger partial charge >= 0.3 is 0 Å². The third-order valence-corrected chi connectivity index (χ3v) is 1.81. The molecule has 0 radical (unpaired) electrons. The first-order valence-electron chi connectivity index (χ1n) is 5.15. The van der Waals surface area contributed by atoms with Crippen LogP contribution in [-0.4, -0.2) is 16.4 Å². The van der Waals surface area contributed by atoms with Crippen molar-refractivity contribution in [2.24, 2.45) is 10.7 Å². The average Bonchev–Trinajstić information content (AvgIpc) is 2.15. The SMILES string of the molecule is CC(C)(C)N=C(N)Nc1ccc([N+](=O)[O-])cc1. The van der Waals surface area contributed by atoms with E-state index in [0.717, 1.165) is 0 Å². The topological polar surface area (TPSA) is 93.5 Å². The van der Waals surface area contributed by atoms with Crippen LogP contribution >= 0.6 is 0 Å². The first kappa shape index (κ1) is 13.0. The Hall–Kier alpha value is -2.11. The van der Waals surface area contributed by atoms with Crippen LogP contribution in [0.15, 0.2) is 29.3 Å². The van der Waals surface area contributed by atoms with Crippen molar-refractivity contribution in [1.29, 1.82) is 0 Å². The molecule has 1 aromatic carbocycles. The standard InChI is InChI=1S/C11H16N4O2/c1-11(2,3)14-10(12)13-8-4-6-9(7-5-8)15(16)17/h4-7H,1-3H3,(H3,12,13,14). The number of guanidine groups is 1. The van der Waals surface area contributed by atoms with Crippen LogP contribution in [0.3, 0.4) is 0 Å². The molecule has 92 valence electrons. The summed E-state index contributed by atoms with van der Waals surface area (Å²) >= 11 is 0. The zero-order valence-electron chi connectivity index (χ0n) is 10.1. The molecule has 0 atom stereocenters. The number of hydrogen-bond donors (Lipinski definition) is 2. The number of nitro groups is 1. The number of aliphatic imine (C=N–C) groups is 1. The maximum Gasteiger partial charge on any atom is 0.269 e. The molecule has 6 nitrogen and oxygen atoms in total. The zero-order valence-corrected chi connectivity index (χ0v) is 10.1. The summed E-state index contributed by atoms with van der Waals surface area (Å²) in [5, 5.41) is 13.3. The van der Waals surface area contributed by atoms with Crippen LogP contribution in [0.5, 0.6) is 0 Å². The molecule has 0 saturated heterocycles. The van der Waals surface area contributed by atoms with E-state index in [4.69, 9.17) is 5.73 Å². The number of non-ortho nitro benzene ring substituents is 1. The molecule has 0 spiro atoms. The second-order valence-corrected chi connectivity index (χ2v) is 4.60. The van der Waals surface area contributed by atoms with Crippen molar-refractivity contribution < 1.29 is 4.92 Å². The normalized spacial score (nSPS) is 12.3. The molecule has 6 heteroatoms. The molecule has 17 heavy (non-hydrogen) atoms. The lowest BCUT2D eigenvalue weighted by atomic mass is 10.1. The molecule has 0 amide bonds. The van der Waals surface area contributed by atoms with Crippen molar-refractivity contribution in [3.8, 4) is 0 Å². The van der Waals surface area contributed by atoms with Crippen LogP contribution in [0.2, 0.25) is 0 Å². The van der Waals surface area contributed by atoms with Crippen LogP contribution < -0.4 is 11.1 Å². The molecule has 0 aliphatic rings. The highest BCUT2D eigenvalue weighted by Crippen LogP contribution is 2.15. The van der Waals surface area contributed by atoms with Gasteiger partial charge in [-0.25, -0.2) is 4.99 Å². The van der Waals surface area contributed by atoms with Crippen molar-refractivity contribution in [3.63, 3.8) is 0 Å². The van der Waals surface area contributed by atoms with E-state index in [-0.39, 0.29) is 17.2 Å². The number of rotatable bonds is 2. The van der Waals surface area contributed by atoms with Gasteiger partial charge in [-0.3, -0.25) is 10.1 Å². The smallest absolute Gasteiger partial charge is 0.269 e. The van der Waals surface area contributed by atoms with Crippen molar-refractivity contribution in [2.45, 2.75) is 26.3 Å². The summed E-state index contributed by atoms with van der Waals surface area (Å²) in [6, 6.07) is 5.99. The van der Waals surface area contributed by atoms with E-state index < -0.39 is 4.92 Å². The van der Waals surface area contributed by atoms with Gasteiger partial charge in [-0.15, -0.1) is 0 Å². The van der Waals surface area contributed by atoms with Crippen LogP contribution in [0.1, 0.15) is 20.8 Å². The van der Waals surface area contributed by atoms with E-state index in [9.17, 15) is 10.1 Å². The molecule has 1 rings (SSSR count). The Morgan fingerprint density at radius 2 is 1.88 bits per heavy atom. The van der Waals surface area contributed by atoms with Crippen molar-refractivity contribution >= 4 is 17.3 Å². The Morgan fingerprint density at radius 1 is 1.35 bits per heavy atom. The zero-order chi connectivity index (χ0) is 13.1. The Morgan fingerprint density at radius 3 is 2.29 bits per heavy atom. The fourth-order valence-electron chi connectivity index (χ4n) is 1.20. The van der Waals surface area contributed by atoms with E-state index >= 15 is 0 Å². The van der Waals surface area contributed by atoms with Gasteiger partial charge in [0.15, 0.2) is 5.96 Å². The Kier molecular flexibility index (Phi) is 3.67. The molecule has 0 aliphatic heterocycles. The average molecular weight is 236 g/mol. The molecule has 0 aromatic heterocycles. The van der Waals surface area contributed by atoms with Gasteiger partial charge in [0, 0.05) is 17.8 Å². The van der Waals surface area contributed by atoms with Crippen LogP contribution in [0, 0.1) is 10.1 Å². The van der Waals surface area contributed by atoms with Gasteiger partial charge in [0.1, 0.15) is 0 Å². The second kappa shape index (κ2) is 4.82. The van der Waals surface area contributed by atoms with Gasteiger partial charge in [0.05, 0.1) is 10.5 Å². The lowest BCUT2D eigenvalue weighted by molar-refractivity contribution is -0.384. The van der Waals surface area contributed by atoms with E-state index in [1.54, 1.807) is 12.1 Å². The van der Waals surface area contributed by atoms with E-state index in [2.05, 4.69) is 10.3 Å². The molecule has 0 unspecified atom stereocenters. The van der Waals surface area contributed by atoms with E-state index in [1.165, 1.54) is 12.1 Å². The highest BCUT2D eigenvalue weighted by Gasteiger charge is 2.09. The lowest BCUT2D eigenvalue weighted by Crippen LogP contribution is -2.27. The van der Waals surface area contributed by atoms with Crippen LogP contribution in [0.4, 0.5) is 11.4 Å². The number of nitrogens with two attached hydrogens (primary N) is 1. The predicted molar refractivity (Wildman–Crippen MR) is 68.1 cm³/mol. The summed E-state index contributed by atoms with van der Waals surface area (Å²) in [6.45, 7) is 5.78. The highest BCUT2D eigenvalue weighted by atomic mass is 16.6. The summed E-state index contributed by atoms with van der Waals surface area (Å²) in [6.07, 6.45) is 0. The van der Waals surface area contributed by atoms with Gasteiger partial charge in [-0.1, -0.05) is 0 Å². The maximum atomic E-state index is 10.5. The minimum absolute atomic E-state index is 0.0434. The number of nitrogens with zero attached hydrogens (tertiary/aromatic N) is 2. The summed E-state index contributed by atoms with van der Waals surface area (Å²) in [5.74, 6) is 0.284. The molecular weight excluding hydrogens is 220 g/mol. The van der Waals surface area contributed by atoms with Crippen molar-refractivity contribution in [3.05, 3.63) is 34.4 Å². The van der Waals surface area contributed by atoms with Crippen LogP contribution in [-0.2, 0) is 0 Å². The number of nitro benzene ring substituents is 1. The monoisotopic (exact) mass is 236 g/mol. The minimum Gasteiger partial charge on any atom is -0.370 e. The quantitative estimate of drug-likeness (QED) is 0.356. The second-order valence-electron chi connectivity index (χ2n) is 4.60. The summed E-state index contributed by atoms with van der Waals surface area (Å²) in [4.78, 5) is 14.2. The number of benzene rings is 1. The van der Waals surface area contributed by atoms with Crippen molar-refractivity contribution in [1.82, 2.24) is 0 Å². The number of nitrogens with one attached hydrogen (secondary N) is 1. The molecule has 0 bridgehead atoms. The Bertz CT molecular complexity index is 432. The first-order valence-corrected chi connectivity index (χ1v) is 5.15. The molecule has 1 aromatic rings. The van der Waals surface area contributed by atoms with Gasteiger partial charge in [-0.05, 0) is 32.9 Å². The fraction of sp³-hybridized carbons (Fsp3) is 0.364. The molecule has 0 heterocycles. The third kappa shape index (κ3) is 4.50. The molecule has 0 fully saturated rings. The number of anilines is 1. The van der Waals surface area contributed by atoms with E-state index in [0.29, 0.717) is 5.69 Å². The highest BCUT2D eigenvalue weighted by molar-refractivity contribution is 5.92. The van der Waals surface area contributed by atoms with Gasteiger partial charge in [0.2, 0.25) is 0 Å².